The lowest BCUT2D eigenvalue weighted by Crippen LogP contribution is -2.44. The molecule has 0 aromatic heterocycles. The second-order valence-electron chi connectivity index (χ2n) is 6.09. The van der Waals surface area contributed by atoms with Crippen molar-refractivity contribution < 1.29 is 4.79 Å². The number of halogens is 1. The lowest BCUT2D eigenvalue weighted by atomic mass is 10.1. The summed E-state index contributed by atoms with van der Waals surface area (Å²) in [6.07, 6.45) is 3.48. The molecule has 2 aromatic carbocycles. The number of hydrogen-bond donors (Lipinski definition) is 0. The van der Waals surface area contributed by atoms with Crippen molar-refractivity contribution in [3.05, 3.63) is 70.2 Å². The van der Waals surface area contributed by atoms with Crippen molar-refractivity contribution >= 4 is 33.5 Å². The molecule has 0 atom stereocenters. The van der Waals surface area contributed by atoms with Crippen LogP contribution in [0.4, 0.5) is 5.69 Å². The Bertz CT molecular complexity index is 714. The van der Waals surface area contributed by atoms with Crippen LogP contribution in [0.15, 0.2) is 59.1 Å². The second-order valence-corrected chi connectivity index (χ2v) is 7.00. The van der Waals surface area contributed by atoms with Gasteiger partial charge in [-0.15, -0.1) is 0 Å². The Morgan fingerprint density at radius 3 is 2.21 bits per heavy atom. The van der Waals surface area contributed by atoms with Crippen molar-refractivity contribution in [3.8, 4) is 0 Å². The molecule has 1 heterocycles. The number of likely N-dealkylation sites (N-methyl/N-ethyl adjacent to an activating group) is 1. The Balaban J connectivity index is 1.64. The van der Waals surface area contributed by atoms with Gasteiger partial charge in [-0.2, -0.15) is 0 Å². The fourth-order valence-electron chi connectivity index (χ4n) is 2.74. The van der Waals surface area contributed by atoms with Gasteiger partial charge in [-0.25, -0.2) is 0 Å². The van der Waals surface area contributed by atoms with Gasteiger partial charge in [-0.05, 0) is 55.1 Å². The topological polar surface area (TPSA) is 23.6 Å². The van der Waals surface area contributed by atoms with Crippen LogP contribution in [-0.4, -0.2) is 43.9 Å². The third kappa shape index (κ3) is 4.34. The van der Waals surface area contributed by atoms with Gasteiger partial charge in [-0.3, -0.25) is 4.79 Å². The second kappa shape index (κ2) is 7.77. The molecule has 0 unspecified atom stereocenters. The maximum Gasteiger partial charge on any atom is 0.185 e. The van der Waals surface area contributed by atoms with Crippen LogP contribution < -0.4 is 4.90 Å². The van der Waals surface area contributed by atoms with Gasteiger partial charge in [0, 0.05) is 41.9 Å². The predicted octanol–water partition coefficient (Wildman–Crippen LogP) is 4.10. The summed E-state index contributed by atoms with van der Waals surface area (Å²) < 4.78 is 1.03. The van der Waals surface area contributed by atoms with Crippen LogP contribution in [0.2, 0.25) is 0 Å². The Kier molecular flexibility index (Phi) is 5.48. The van der Waals surface area contributed by atoms with E-state index in [0.29, 0.717) is 0 Å². The van der Waals surface area contributed by atoms with Gasteiger partial charge in [0.15, 0.2) is 5.78 Å². The molecule has 1 aliphatic rings. The molecule has 1 saturated heterocycles. The smallest absolute Gasteiger partial charge is 0.185 e. The minimum Gasteiger partial charge on any atom is -0.369 e. The summed E-state index contributed by atoms with van der Waals surface area (Å²) in [6.45, 7) is 4.23. The van der Waals surface area contributed by atoms with Gasteiger partial charge in [0.05, 0.1) is 0 Å². The molecule has 2 aromatic rings. The SMILES string of the molecule is CN1CCN(c2ccc(C(=O)/C=C/c3ccc(Br)cc3)cc2)CC1. The average molecular weight is 385 g/mol. The van der Waals surface area contributed by atoms with Crippen LogP contribution in [0.25, 0.3) is 6.08 Å². The quantitative estimate of drug-likeness (QED) is 0.585. The molecule has 0 amide bonds. The Morgan fingerprint density at radius 1 is 0.958 bits per heavy atom. The van der Waals surface area contributed by atoms with Crippen LogP contribution in [-0.2, 0) is 0 Å². The standard InChI is InChI=1S/C20H21BrN2O/c1-22-12-14-23(15-13-22)19-9-5-17(6-10-19)20(24)11-4-16-2-7-18(21)8-3-16/h2-11H,12-15H2,1H3/b11-4+. The normalized spacial score (nSPS) is 15.8. The van der Waals surface area contributed by atoms with Gasteiger partial charge in [0.2, 0.25) is 0 Å². The van der Waals surface area contributed by atoms with Crippen molar-refractivity contribution in [2.24, 2.45) is 0 Å². The molecule has 124 valence electrons. The summed E-state index contributed by atoms with van der Waals surface area (Å²) in [5, 5.41) is 0. The van der Waals surface area contributed by atoms with E-state index in [1.54, 1.807) is 6.08 Å². The van der Waals surface area contributed by atoms with Crippen molar-refractivity contribution in [1.82, 2.24) is 4.90 Å². The summed E-state index contributed by atoms with van der Waals surface area (Å²) in [7, 11) is 2.15. The minimum absolute atomic E-state index is 0.0304. The number of anilines is 1. The van der Waals surface area contributed by atoms with Crippen molar-refractivity contribution in [1.29, 1.82) is 0 Å². The third-order valence-corrected chi connectivity index (χ3v) is 4.85. The Hall–Kier alpha value is -1.91. The molecule has 1 aliphatic heterocycles. The number of carbonyl (C=O) groups excluding carboxylic acids is 1. The molecule has 0 N–H and O–H groups in total. The van der Waals surface area contributed by atoms with Gasteiger partial charge < -0.3 is 9.80 Å². The molecular weight excluding hydrogens is 364 g/mol. The summed E-state index contributed by atoms with van der Waals surface area (Å²) in [6, 6.07) is 15.8. The molecule has 3 nitrogen and oxygen atoms in total. The predicted molar refractivity (Wildman–Crippen MR) is 104 cm³/mol. The third-order valence-electron chi connectivity index (χ3n) is 4.32. The van der Waals surface area contributed by atoms with E-state index < -0.39 is 0 Å². The molecule has 0 bridgehead atoms. The zero-order valence-corrected chi connectivity index (χ0v) is 15.4. The highest BCUT2D eigenvalue weighted by Gasteiger charge is 2.14. The zero-order valence-electron chi connectivity index (χ0n) is 13.8. The molecule has 0 radical (unpaired) electrons. The summed E-state index contributed by atoms with van der Waals surface area (Å²) >= 11 is 3.41. The first kappa shape index (κ1) is 16.9. The van der Waals surface area contributed by atoms with Crippen LogP contribution in [0.1, 0.15) is 15.9 Å². The first-order valence-corrected chi connectivity index (χ1v) is 8.93. The van der Waals surface area contributed by atoms with Gasteiger partial charge in [0.25, 0.3) is 0 Å². The highest BCUT2D eigenvalue weighted by Crippen LogP contribution is 2.18. The molecule has 0 aliphatic carbocycles. The van der Waals surface area contributed by atoms with E-state index >= 15 is 0 Å². The lowest BCUT2D eigenvalue weighted by Gasteiger charge is -2.34. The van der Waals surface area contributed by atoms with Gasteiger partial charge in [0.1, 0.15) is 0 Å². The number of rotatable bonds is 4. The van der Waals surface area contributed by atoms with Crippen LogP contribution in [0.5, 0.6) is 0 Å². The monoisotopic (exact) mass is 384 g/mol. The Morgan fingerprint density at radius 2 is 1.58 bits per heavy atom. The van der Waals surface area contributed by atoms with E-state index in [1.807, 2.05) is 54.6 Å². The van der Waals surface area contributed by atoms with Crippen molar-refractivity contribution in [3.63, 3.8) is 0 Å². The van der Waals surface area contributed by atoms with E-state index in [-0.39, 0.29) is 5.78 Å². The van der Waals surface area contributed by atoms with Crippen molar-refractivity contribution in [2.45, 2.75) is 0 Å². The highest BCUT2D eigenvalue weighted by atomic mass is 79.9. The average Bonchev–Trinajstić information content (AvgIpc) is 2.62. The van der Waals surface area contributed by atoms with Gasteiger partial charge in [-0.1, -0.05) is 34.1 Å². The number of carbonyl (C=O) groups is 1. The zero-order chi connectivity index (χ0) is 16.9. The van der Waals surface area contributed by atoms with E-state index in [2.05, 4.69) is 32.8 Å². The number of allylic oxidation sites excluding steroid dienone is 1. The van der Waals surface area contributed by atoms with E-state index in [9.17, 15) is 4.79 Å². The molecular formula is C20H21BrN2O. The number of hydrogen-bond acceptors (Lipinski definition) is 3. The summed E-state index contributed by atoms with van der Waals surface area (Å²) in [5.74, 6) is 0.0304. The number of ketones is 1. The molecule has 0 saturated carbocycles. The van der Waals surface area contributed by atoms with E-state index in [0.717, 1.165) is 41.8 Å². The first-order chi connectivity index (χ1) is 11.6. The number of nitrogens with zero attached hydrogens (tertiary/aromatic N) is 2. The molecule has 3 rings (SSSR count). The van der Waals surface area contributed by atoms with Crippen LogP contribution in [0.3, 0.4) is 0 Å². The van der Waals surface area contributed by atoms with Gasteiger partial charge >= 0.3 is 0 Å². The molecule has 1 fully saturated rings. The lowest BCUT2D eigenvalue weighted by molar-refractivity contribution is 0.104. The van der Waals surface area contributed by atoms with E-state index in [1.165, 1.54) is 5.69 Å². The van der Waals surface area contributed by atoms with Crippen LogP contribution >= 0.6 is 15.9 Å². The number of benzene rings is 2. The molecule has 24 heavy (non-hydrogen) atoms. The Labute approximate surface area is 151 Å². The fourth-order valence-corrected chi connectivity index (χ4v) is 3.01. The first-order valence-electron chi connectivity index (χ1n) is 8.13. The molecule has 4 heteroatoms. The van der Waals surface area contributed by atoms with E-state index in [4.69, 9.17) is 0 Å². The highest BCUT2D eigenvalue weighted by molar-refractivity contribution is 9.10. The summed E-state index contributed by atoms with van der Waals surface area (Å²) in [5.41, 5.74) is 2.93. The maximum atomic E-state index is 12.3. The summed E-state index contributed by atoms with van der Waals surface area (Å²) in [4.78, 5) is 17.0. The number of piperazine rings is 1. The maximum absolute atomic E-state index is 12.3. The fraction of sp³-hybridized carbons (Fsp3) is 0.250. The van der Waals surface area contributed by atoms with Crippen LogP contribution in [0, 0.1) is 0 Å². The largest absolute Gasteiger partial charge is 0.369 e. The van der Waals surface area contributed by atoms with Crippen molar-refractivity contribution in [2.75, 3.05) is 38.1 Å². The minimum atomic E-state index is 0.0304. The molecule has 0 spiro atoms.